The Bertz CT molecular complexity index is 211. The van der Waals surface area contributed by atoms with Gasteiger partial charge in [0.25, 0.3) is 0 Å². The molecule has 0 aromatic carbocycles. The van der Waals surface area contributed by atoms with E-state index in [1.54, 1.807) is 0 Å². The van der Waals surface area contributed by atoms with Crippen LogP contribution in [0.5, 0.6) is 0 Å². The third-order valence-corrected chi connectivity index (χ3v) is 3.90. The van der Waals surface area contributed by atoms with E-state index in [1.165, 1.54) is 25.7 Å². The van der Waals surface area contributed by atoms with Crippen molar-refractivity contribution in [3.8, 4) is 0 Å². The molecule has 0 radical (unpaired) electrons. The Hall–Kier alpha value is -0.120. The number of unbranched alkanes of at least 4 members (excludes halogenated alkanes) is 1. The van der Waals surface area contributed by atoms with Crippen LogP contribution in [0.25, 0.3) is 0 Å². The van der Waals surface area contributed by atoms with E-state index < -0.39 is 0 Å². The van der Waals surface area contributed by atoms with Crippen molar-refractivity contribution in [3.63, 3.8) is 0 Å². The lowest BCUT2D eigenvalue weighted by Gasteiger charge is -2.42. The zero-order valence-electron chi connectivity index (χ0n) is 12.4. The Kier molecular flexibility index (Phi) is 7.87. The molecule has 1 aliphatic rings. The van der Waals surface area contributed by atoms with E-state index in [9.17, 15) is 0 Å². The maximum atomic E-state index is 6.00. The number of nitrogens with two attached hydrogens (primary N) is 1. The summed E-state index contributed by atoms with van der Waals surface area (Å²) in [5, 5.41) is 0. The normalized spacial score (nSPS) is 29.0. The van der Waals surface area contributed by atoms with Crippen molar-refractivity contribution in [2.45, 2.75) is 77.5 Å². The molecule has 0 saturated heterocycles. The number of hydrogen-bond donors (Lipinski definition) is 1. The Morgan fingerprint density at radius 2 is 1.94 bits per heavy atom. The third-order valence-electron chi connectivity index (χ3n) is 3.90. The van der Waals surface area contributed by atoms with Crippen molar-refractivity contribution in [1.82, 2.24) is 0 Å². The zero-order chi connectivity index (χ0) is 13.4. The Morgan fingerprint density at radius 3 is 2.50 bits per heavy atom. The minimum Gasteiger partial charge on any atom is -0.375 e. The second-order valence-corrected chi connectivity index (χ2v) is 5.52. The average molecular weight is 257 g/mol. The van der Waals surface area contributed by atoms with E-state index in [2.05, 4.69) is 20.8 Å². The molecule has 0 bridgehead atoms. The van der Waals surface area contributed by atoms with Gasteiger partial charge in [-0.3, -0.25) is 0 Å². The van der Waals surface area contributed by atoms with Crippen LogP contribution in [-0.4, -0.2) is 31.5 Å². The maximum absolute atomic E-state index is 6.00. The predicted octanol–water partition coefficient (Wildman–Crippen LogP) is 3.11. The zero-order valence-corrected chi connectivity index (χ0v) is 12.4. The molecule has 3 nitrogen and oxygen atoms in total. The average Bonchev–Trinajstić information content (AvgIpc) is 2.37. The van der Waals surface area contributed by atoms with E-state index in [1.807, 2.05) is 0 Å². The van der Waals surface area contributed by atoms with Crippen LogP contribution in [0.4, 0.5) is 0 Å². The molecule has 1 rings (SSSR count). The molecule has 18 heavy (non-hydrogen) atoms. The van der Waals surface area contributed by atoms with Gasteiger partial charge in [-0.1, -0.05) is 40.0 Å². The second kappa shape index (κ2) is 8.89. The first kappa shape index (κ1) is 15.9. The summed E-state index contributed by atoms with van der Waals surface area (Å²) in [5.41, 5.74) is 5.97. The summed E-state index contributed by atoms with van der Waals surface area (Å²) in [4.78, 5) is 0. The summed E-state index contributed by atoms with van der Waals surface area (Å²) < 4.78 is 11.8. The Labute approximate surface area is 112 Å². The molecule has 0 spiro atoms. The molecule has 3 heteroatoms. The van der Waals surface area contributed by atoms with Gasteiger partial charge < -0.3 is 15.2 Å². The summed E-state index contributed by atoms with van der Waals surface area (Å²) in [6.45, 7) is 8.29. The molecule has 4 atom stereocenters. The van der Waals surface area contributed by atoms with Crippen LogP contribution < -0.4 is 5.73 Å². The third kappa shape index (κ3) is 4.87. The second-order valence-electron chi connectivity index (χ2n) is 5.52. The summed E-state index contributed by atoms with van der Waals surface area (Å²) in [6.07, 6.45) is 7.44. The molecule has 0 amide bonds. The van der Waals surface area contributed by atoms with Crippen LogP contribution in [0.15, 0.2) is 0 Å². The lowest BCUT2D eigenvalue weighted by atomic mass is 9.86. The van der Waals surface area contributed by atoms with Crippen molar-refractivity contribution < 1.29 is 9.47 Å². The smallest absolute Gasteiger partial charge is 0.0988 e. The highest BCUT2D eigenvalue weighted by molar-refractivity contribution is 4.95. The fraction of sp³-hybridized carbons (Fsp3) is 1.00. The van der Waals surface area contributed by atoms with Gasteiger partial charge in [-0.05, 0) is 25.2 Å². The van der Waals surface area contributed by atoms with Gasteiger partial charge in [-0.25, -0.2) is 0 Å². The predicted molar refractivity (Wildman–Crippen MR) is 75.7 cm³/mol. The molecule has 1 saturated carbocycles. The first-order valence-electron chi connectivity index (χ1n) is 7.71. The quantitative estimate of drug-likeness (QED) is 0.654. The van der Waals surface area contributed by atoms with Crippen molar-refractivity contribution in [3.05, 3.63) is 0 Å². The van der Waals surface area contributed by atoms with Gasteiger partial charge >= 0.3 is 0 Å². The van der Waals surface area contributed by atoms with Gasteiger partial charge in [0.15, 0.2) is 0 Å². The van der Waals surface area contributed by atoms with Gasteiger partial charge in [0.05, 0.1) is 12.2 Å². The van der Waals surface area contributed by atoms with Gasteiger partial charge in [0.1, 0.15) is 0 Å². The highest BCUT2D eigenvalue weighted by Crippen LogP contribution is 2.27. The standard InChI is InChI=1S/C15H31NO2/c1-4-7-8-12(6-3)11-18-14-10-13(16)15(14)17-9-5-2/h12-15H,4-11,16H2,1-3H3. The largest absolute Gasteiger partial charge is 0.375 e. The van der Waals surface area contributed by atoms with Gasteiger partial charge in [0, 0.05) is 19.3 Å². The van der Waals surface area contributed by atoms with Gasteiger partial charge in [0.2, 0.25) is 0 Å². The molecule has 0 aromatic rings. The first-order valence-corrected chi connectivity index (χ1v) is 7.71. The molecule has 0 aliphatic heterocycles. The van der Waals surface area contributed by atoms with E-state index in [0.717, 1.165) is 26.1 Å². The van der Waals surface area contributed by atoms with Gasteiger partial charge in [-0.2, -0.15) is 0 Å². The Balaban J connectivity index is 2.20. The fourth-order valence-electron chi connectivity index (χ4n) is 2.42. The topological polar surface area (TPSA) is 44.5 Å². The van der Waals surface area contributed by atoms with Crippen LogP contribution >= 0.6 is 0 Å². The highest BCUT2D eigenvalue weighted by atomic mass is 16.5. The molecular weight excluding hydrogens is 226 g/mol. The molecule has 1 aliphatic carbocycles. The summed E-state index contributed by atoms with van der Waals surface area (Å²) >= 11 is 0. The lowest BCUT2D eigenvalue weighted by molar-refractivity contribution is -0.145. The summed E-state index contributed by atoms with van der Waals surface area (Å²) in [7, 11) is 0. The van der Waals surface area contributed by atoms with Crippen molar-refractivity contribution >= 4 is 0 Å². The molecular formula is C15H31NO2. The highest BCUT2D eigenvalue weighted by Gasteiger charge is 2.40. The summed E-state index contributed by atoms with van der Waals surface area (Å²) in [6, 6.07) is 0.178. The van der Waals surface area contributed by atoms with Crippen molar-refractivity contribution in [1.29, 1.82) is 0 Å². The first-order chi connectivity index (χ1) is 8.72. The summed E-state index contributed by atoms with van der Waals surface area (Å²) in [5.74, 6) is 0.702. The lowest BCUT2D eigenvalue weighted by Crippen LogP contribution is -2.58. The number of rotatable bonds is 10. The molecule has 4 unspecified atom stereocenters. The SMILES string of the molecule is CCCCC(CC)COC1CC(N)C1OCCC. The molecule has 0 heterocycles. The number of ether oxygens (including phenoxy) is 2. The van der Waals surface area contributed by atoms with Crippen LogP contribution in [-0.2, 0) is 9.47 Å². The van der Waals surface area contributed by atoms with E-state index >= 15 is 0 Å². The minimum atomic E-state index is 0.133. The van der Waals surface area contributed by atoms with Crippen LogP contribution in [0.2, 0.25) is 0 Å². The van der Waals surface area contributed by atoms with E-state index in [4.69, 9.17) is 15.2 Å². The van der Waals surface area contributed by atoms with E-state index in [-0.39, 0.29) is 18.2 Å². The minimum absolute atomic E-state index is 0.133. The van der Waals surface area contributed by atoms with Crippen LogP contribution in [0.1, 0.15) is 59.3 Å². The molecule has 108 valence electrons. The number of hydrogen-bond acceptors (Lipinski definition) is 3. The monoisotopic (exact) mass is 257 g/mol. The van der Waals surface area contributed by atoms with Crippen LogP contribution in [0, 0.1) is 5.92 Å². The fourth-order valence-corrected chi connectivity index (χ4v) is 2.42. The Morgan fingerprint density at radius 1 is 1.17 bits per heavy atom. The van der Waals surface area contributed by atoms with Gasteiger partial charge in [-0.15, -0.1) is 0 Å². The maximum Gasteiger partial charge on any atom is 0.0988 e. The van der Waals surface area contributed by atoms with Crippen molar-refractivity contribution in [2.24, 2.45) is 11.7 Å². The molecule has 2 N–H and O–H groups in total. The molecule has 0 aromatic heterocycles. The molecule has 1 fully saturated rings. The van der Waals surface area contributed by atoms with Crippen LogP contribution in [0.3, 0.4) is 0 Å². The van der Waals surface area contributed by atoms with Crippen molar-refractivity contribution in [2.75, 3.05) is 13.2 Å². The van der Waals surface area contributed by atoms with E-state index in [0.29, 0.717) is 5.92 Å².